The van der Waals surface area contributed by atoms with Gasteiger partial charge in [0.2, 0.25) is 0 Å². The van der Waals surface area contributed by atoms with E-state index in [2.05, 4.69) is 24.4 Å². The van der Waals surface area contributed by atoms with Gasteiger partial charge in [0, 0.05) is 11.0 Å². The van der Waals surface area contributed by atoms with Gasteiger partial charge in [0.15, 0.2) is 0 Å². The van der Waals surface area contributed by atoms with E-state index in [1.807, 2.05) is 19.2 Å². The van der Waals surface area contributed by atoms with Crippen LogP contribution in [0.5, 0.6) is 5.75 Å². The first-order valence-corrected chi connectivity index (χ1v) is 6.64. The molecule has 18 heavy (non-hydrogen) atoms. The van der Waals surface area contributed by atoms with Crippen molar-refractivity contribution >= 4 is 0 Å². The molecule has 0 aliphatic carbocycles. The Labute approximate surface area is 109 Å². The van der Waals surface area contributed by atoms with Crippen LogP contribution in [0.4, 0.5) is 0 Å². The highest BCUT2D eigenvalue weighted by atomic mass is 16.5. The van der Waals surface area contributed by atoms with Gasteiger partial charge in [0.25, 0.3) is 0 Å². The summed E-state index contributed by atoms with van der Waals surface area (Å²) in [5.74, 6) is 1.56. The number of para-hydroxylation sites is 1. The second-order valence-corrected chi connectivity index (χ2v) is 5.01. The number of methoxy groups -OCH3 is 1. The van der Waals surface area contributed by atoms with Gasteiger partial charge in [-0.25, -0.2) is 0 Å². The van der Waals surface area contributed by atoms with Crippen LogP contribution in [-0.2, 0) is 10.2 Å². The van der Waals surface area contributed by atoms with Crippen molar-refractivity contribution in [3.63, 3.8) is 0 Å². The zero-order valence-corrected chi connectivity index (χ0v) is 11.5. The summed E-state index contributed by atoms with van der Waals surface area (Å²) in [4.78, 5) is 0. The number of rotatable bonds is 6. The van der Waals surface area contributed by atoms with Gasteiger partial charge in [-0.1, -0.05) is 31.5 Å². The maximum Gasteiger partial charge on any atom is 0.122 e. The van der Waals surface area contributed by atoms with Crippen LogP contribution in [0.1, 0.15) is 18.9 Å². The summed E-state index contributed by atoms with van der Waals surface area (Å²) in [7, 11) is 3.75. The van der Waals surface area contributed by atoms with E-state index >= 15 is 0 Å². The lowest BCUT2D eigenvalue weighted by Crippen LogP contribution is -2.54. The van der Waals surface area contributed by atoms with E-state index in [0.29, 0.717) is 5.92 Å². The molecule has 0 saturated carbocycles. The molecule has 3 nitrogen and oxygen atoms in total. The predicted octanol–water partition coefficient (Wildman–Crippen LogP) is 2.21. The van der Waals surface area contributed by atoms with Crippen LogP contribution in [-0.4, -0.2) is 33.9 Å². The SMILES string of the molecule is CCC(CNC)C1(c2ccccc2OC)COC1. The Bertz CT molecular complexity index is 388. The van der Waals surface area contributed by atoms with Crippen molar-refractivity contribution in [3.05, 3.63) is 29.8 Å². The second kappa shape index (κ2) is 5.72. The number of hydrogen-bond donors (Lipinski definition) is 1. The monoisotopic (exact) mass is 249 g/mol. The van der Waals surface area contributed by atoms with Gasteiger partial charge in [-0.05, 0) is 25.6 Å². The number of nitrogens with one attached hydrogen (secondary N) is 1. The van der Waals surface area contributed by atoms with Crippen molar-refractivity contribution in [1.82, 2.24) is 5.32 Å². The Morgan fingerprint density at radius 1 is 1.39 bits per heavy atom. The summed E-state index contributed by atoms with van der Waals surface area (Å²) in [6, 6.07) is 8.33. The van der Waals surface area contributed by atoms with Crippen LogP contribution in [0, 0.1) is 5.92 Å². The molecule has 1 atom stereocenters. The molecule has 1 aliphatic rings. The third-order valence-corrected chi connectivity index (χ3v) is 4.09. The number of ether oxygens (including phenoxy) is 2. The van der Waals surface area contributed by atoms with E-state index in [1.165, 1.54) is 5.56 Å². The van der Waals surface area contributed by atoms with Crippen molar-refractivity contribution in [3.8, 4) is 5.75 Å². The van der Waals surface area contributed by atoms with Crippen molar-refractivity contribution in [2.75, 3.05) is 33.9 Å². The molecule has 1 unspecified atom stereocenters. The van der Waals surface area contributed by atoms with Crippen LogP contribution < -0.4 is 10.1 Å². The summed E-state index contributed by atoms with van der Waals surface area (Å²) >= 11 is 0. The van der Waals surface area contributed by atoms with Crippen molar-refractivity contribution in [1.29, 1.82) is 0 Å². The van der Waals surface area contributed by atoms with Crippen LogP contribution in [0.3, 0.4) is 0 Å². The fourth-order valence-electron chi connectivity index (χ4n) is 2.97. The van der Waals surface area contributed by atoms with Gasteiger partial charge in [-0.2, -0.15) is 0 Å². The van der Waals surface area contributed by atoms with Crippen molar-refractivity contribution in [2.24, 2.45) is 5.92 Å². The molecule has 0 amide bonds. The molecule has 1 aliphatic heterocycles. The molecular weight excluding hydrogens is 226 g/mol. The molecule has 1 aromatic carbocycles. The first-order chi connectivity index (χ1) is 8.78. The quantitative estimate of drug-likeness (QED) is 0.838. The fourth-order valence-corrected chi connectivity index (χ4v) is 2.97. The minimum absolute atomic E-state index is 0.115. The first-order valence-electron chi connectivity index (χ1n) is 6.64. The number of benzene rings is 1. The summed E-state index contributed by atoms with van der Waals surface area (Å²) in [6.45, 7) is 4.86. The van der Waals surface area contributed by atoms with Crippen molar-refractivity contribution < 1.29 is 9.47 Å². The molecular formula is C15H23NO2. The predicted molar refractivity (Wildman–Crippen MR) is 73.2 cm³/mol. The molecule has 2 rings (SSSR count). The van der Waals surface area contributed by atoms with Crippen LogP contribution >= 0.6 is 0 Å². The van der Waals surface area contributed by atoms with E-state index < -0.39 is 0 Å². The standard InChI is InChI=1S/C15H23NO2/c1-4-12(9-16-2)15(10-18-11-15)13-7-5-6-8-14(13)17-3/h5-8,12,16H,4,9-11H2,1-3H3. The molecule has 1 saturated heterocycles. The lowest BCUT2D eigenvalue weighted by atomic mass is 9.67. The Kier molecular flexibility index (Phi) is 4.25. The Hall–Kier alpha value is -1.06. The van der Waals surface area contributed by atoms with E-state index in [-0.39, 0.29) is 5.41 Å². The third kappa shape index (κ3) is 2.13. The lowest BCUT2D eigenvalue weighted by Gasteiger charge is -2.48. The van der Waals surface area contributed by atoms with Gasteiger partial charge < -0.3 is 14.8 Å². The fraction of sp³-hybridized carbons (Fsp3) is 0.600. The molecule has 1 fully saturated rings. The molecule has 1 aromatic rings. The van der Waals surface area contributed by atoms with E-state index in [9.17, 15) is 0 Å². The van der Waals surface area contributed by atoms with Crippen molar-refractivity contribution in [2.45, 2.75) is 18.8 Å². The molecule has 1 N–H and O–H groups in total. The Balaban J connectivity index is 2.36. The molecule has 100 valence electrons. The molecule has 3 heteroatoms. The topological polar surface area (TPSA) is 30.5 Å². The van der Waals surface area contributed by atoms with Crippen LogP contribution in [0.2, 0.25) is 0 Å². The van der Waals surface area contributed by atoms with Gasteiger partial charge >= 0.3 is 0 Å². The molecule has 0 aromatic heterocycles. The number of hydrogen-bond acceptors (Lipinski definition) is 3. The summed E-state index contributed by atoms with van der Waals surface area (Å²) in [6.07, 6.45) is 1.14. The van der Waals surface area contributed by atoms with Gasteiger partial charge in [0.05, 0.1) is 20.3 Å². The first kappa shape index (κ1) is 13.4. The lowest BCUT2D eigenvalue weighted by molar-refractivity contribution is -0.0918. The highest BCUT2D eigenvalue weighted by Gasteiger charge is 2.47. The van der Waals surface area contributed by atoms with Crippen LogP contribution in [0.15, 0.2) is 24.3 Å². The molecule has 0 bridgehead atoms. The summed E-state index contributed by atoms with van der Waals surface area (Å²) in [5.41, 5.74) is 1.41. The normalized spacial score (nSPS) is 19.1. The van der Waals surface area contributed by atoms with Gasteiger partial charge in [-0.3, -0.25) is 0 Å². The average molecular weight is 249 g/mol. The molecule has 1 heterocycles. The van der Waals surface area contributed by atoms with E-state index in [4.69, 9.17) is 9.47 Å². The zero-order chi connectivity index (χ0) is 13.0. The minimum Gasteiger partial charge on any atom is -0.496 e. The smallest absolute Gasteiger partial charge is 0.122 e. The van der Waals surface area contributed by atoms with Gasteiger partial charge in [-0.15, -0.1) is 0 Å². The largest absolute Gasteiger partial charge is 0.496 e. The molecule has 0 spiro atoms. The van der Waals surface area contributed by atoms with Gasteiger partial charge in [0.1, 0.15) is 5.75 Å². The Morgan fingerprint density at radius 3 is 2.61 bits per heavy atom. The van der Waals surface area contributed by atoms with E-state index in [1.54, 1.807) is 7.11 Å². The molecule has 0 radical (unpaired) electrons. The maximum atomic E-state index is 5.54. The highest BCUT2D eigenvalue weighted by molar-refractivity contribution is 5.42. The maximum absolute atomic E-state index is 5.54. The third-order valence-electron chi connectivity index (χ3n) is 4.09. The Morgan fingerprint density at radius 2 is 2.11 bits per heavy atom. The second-order valence-electron chi connectivity index (χ2n) is 5.01. The zero-order valence-electron chi connectivity index (χ0n) is 11.5. The highest BCUT2D eigenvalue weighted by Crippen LogP contribution is 2.44. The summed E-state index contributed by atoms with van der Waals surface area (Å²) < 4.78 is 11.1. The summed E-state index contributed by atoms with van der Waals surface area (Å²) in [5, 5.41) is 3.30. The average Bonchev–Trinajstić information content (AvgIpc) is 2.37. The van der Waals surface area contributed by atoms with E-state index in [0.717, 1.165) is 31.9 Å². The minimum atomic E-state index is 0.115. The van der Waals surface area contributed by atoms with Crippen LogP contribution in [0.25, 0.3) is 0 Å².